The molecule has 0 fully saturated rings. The van der Waals surface area contributed by atoms with Crippen molar-refractivity contribution in [3.8, 4) is 17.2 Å². The first kappa shape index (κ1) is 24.9. The number of rotatable bonds is 10. The summed E-state index contributed by atoms with van der Waals surface area (Å²) in [6, 6.07) is 16.1. The minimum Gasteiger partial charge on any atom is -0.497 e. The number of ether oxygens (including phenoxy) is 2. The molecule has 0 atom stereocenters. The summed E-state index contributed by atoms with van der Waals surface area (Å²) in [6.45, 7) is 2.02. The number of thioether (sulfide) groups is 1. The molecule has 4 rings (SSSR count). The molecule has 2 amide bonds. The molecule has 2 aromatic heterocycles. The number of hydrogen-bond donors (Lipinski definition) is 2. The van der Waals surface area contributed by atoms with Gasteiger partial charge in [0, 0.05) is 11.8 Å². The van der Waals surface area contributed by atoms with Gasteiger partial charge in [0.2, 0.25) is 5.91 Å². The maximum atomic E-state index is 12.6. The minimum atomic E-state index is -0.390. The summed E-state index contributed by atoms with van der Waals surface area (Å²) in [6.07, 6.45) is 1.43. The largest absolute Gasteiger partial charge is 0.497 e. The number of furan rings is 1. The van der Waals surface area contributed by atoms with Gasteiger partial charge in [-0.1, -0.05) is 23.9 Å². The van der Waals surface area contributed by atoms with Gasteiger partial charge in [-0.2, -0.15) is 0 Å². The van der Waals surface area contributed by atoms with Crippen molar-refractivity contribution in [2.45, 2.75) is 18.6 Å². The molecule has 4 aromatic rings. The summed E-state index contributed by atoms with van der Waals surface area (Å²) in [5.41, 5.74) is 2.37. The second kappa shape index (κ2) is 11.5. The lowest BCUT2D eigenvalue weighted by Gasteiger charge is -2.15. The van der Waals surface area contributed by atoms with Crippen molar-refractivity contribution >= 4 is 29.3 Å². The molecule has 0 saturated carbocycles. The summed E-state index contributed by atoms with van der Waals surface area (Å²) in [4.78, 5) is 25.0. The molecule has 10 nitrogen and oxygen atoms in total. The van der Waals surface area contributed by atoms with E-state index in [2.05, 4.69) is 20.8 Å². The number of amides is 2. The number of nitrogens with zero attached hydrogens (tertiary/aromatic N) is 3. The van der Waals surface area contributed by atoms with E-state index in [-0.39, 0.29) is 29.9 Å². The Morgan fingerprint density at radius 2 is 1.92 bits per heavy atom. The number of aryl methyl sites for hydroxylation is 1. The third kappa shape index (κ3) is 5.87. The number of nitrogens with one attached hydrogen (secondary N) is 2. The van der Waals surface area contributed by atoms with E-state index in [0.29, 0.717) is 28.2 Å². The van der Waals surface area contributed by atoms with Gasteiger partial charge >= 0.3 is 0 Å². The number of benzene rings is 2. The molecular weight excluding hydrogens is 482 g/mol. The van der Waals surface area contributed by atoms with E-state index in [4.69, 9.17) is 13.9 Å². The van der Waals surface area contributed by atoms with Gasteiger partial charge in [0.05, 0.1) is 38.5 Å². The van der Waals surface area contributed by atoms with Gasteiger partial charge in [-0.15, -0.1) is 10.2 Å². The molecular formula is C25H25N5O5S. The Hall–Kier alpha value is -4.25. The predicted octanol–water partition coefficient (Wildman–Crippen LogP) is 3.85. The maximum Gasteiger partial charge on any atom is 0.287 e. The first-order valence-electron chi connectivity index (χ1n) is 11.0. The SMILES string of the molecule is COc1ccc(OC)c(-n2c(CNC(=O)c3ccco3)nnc2SCC(=O)Nc2cccc(C)c2)c1. The molecule has 0 unspecified atom stereocenters. The molecule has 2 N–H and O–H groups in total. The zero-order valence-electron chi connectivity index (χ0n) is 20.0. The van der Waals surface area contributed by atoms with E-state index in [1.54, 1.807) is 49.1 Å². The van der Waals surface area contributed by atoms with E-state index < -0.39 is 0 Å². The Morgan fingerprint density at radius 1 is 1.06 bits per heavy atom. The number of methoxy groups -OCH3 is 2. The van der Waals surface area contributed by atoms with Crippen LogP contribution in [-0.2, 0) is 11.3 Å². The van der Waals surface area contributed by atoms with Gasteiger partial charge in [0.25, 0.3) is 5.91 Å². The molecule has 0 aliphatic carbocycles. The van der Waals surface area contributed by atoms with Gasteiger partial charge in [0.15, 0.2) is 16.7 Å². The predicted molar refractivity (Wildman–Crippen MR) is 135 cm³/mol. The zero-order chi connectivity index (χ0) is 25.5. The Kier molecular flexibility index (Phi) is 7.91. The average Bonchev–Trinajstić information content (AvgIpc) is 3.56. The second-order valence-electron chi connectivity index (χ2n) is 7.64. The van der Waals surface area contributed by atoms with Crippen LogP contribution < -0.4 is 20.1 Å². The summed E-state index contributed by atoms with van der Waals surface area (Å²) in [5.74, 6) is 1.27. The fourth-order valence-electron chi connectivity index (χ4n) is 3.43. The summed E-state index contributed by atoms with van der Waals surface area (Å²) < 4.78 is 17.8. The Balaban J connectivity index is 1.59. The second-order valence-corrected chi connectivity index (χ2v) is 8.58. The Labute approximate surface area is 212 Å². The summed E-state index contributed by atoms with van der Waals surface area (Å²) in [7, 11) is 3.11. The standard InChI is InChI=1S/C25H25N5O5S/c1-16-6-4-7-17(12-16)27-23(31)15-36-25-29-28-22(14-26-24(32)21-8-5-11-35-21)30(25)19-13-18(33-2)9-10-20(19)34-3/h4-13H,14-15H2,1-3H3,(H,26,32)(H,27,31). The molecule has 0 spiro atoms. The van der Waals surface area contributed by atoms with Crippen LogP contribution in [0.4, 0.5) is 5.69 Å². The van der Waals surface area contributed by atoms with Crippen molar-refractivity contribution in [2.75, 3.05) is 25.3 Å². The van der Waals surface area contributed by atoms with Crippen LogP contribution in [0.25, 0.3) is 5.69 Å². The molecule has 36 heavy (non-hydrogen) atoms. The number of hydrogen-bond acceptors (Lipinski definition) is 8. The first-order valence-corrected chi connectivity index (χ1v) is 11.9. The minimum absolute atomic E-state index is 0.0585. The third-order valence-electron chi connectivity index (χ3n) is 5.11. The molecule has 2 heterocycles. The van der Waals surface area contributed by atoms with Crippen molar-refractivity contribution in [2.24, 2.45) is 0 Å². The Morgan fingerprint density at radius 3 is 2.64 bits per heavy atom. The van der Waals surface area contributed by atoms with Crippen LogP contribution in [-0.4, -0.2) is 46.6 Å². The molecule has 0 aliphatic rings. The van der Waals surface area contributed by atoms with E-state index in [0.717, 1.165) is 11.3 Å². The number of carbonyl (C=O) groups is 2. The van der Waals surface area contributed by atoms with Gasteiger partial charge in [-0.3, -0.25) is 14.2 Å². The molecule has 0 aliphatic heterocycles. The van der Waals surface area contributed by atoms with Crippen LogP contribution in [0.15, 0.2) is 70.4 Å². The smallest absolute Gasteiger partial charge is 0.287 e. The van der Waals surface area contributed by atoms with Crippen molar-refractivity contribution < 1.29 is 23.5 Å². The van der Waals surface area contributed by atoms with E-state index in [1.807, 2.05) is 31.2 Å². The van der Waals surface area contributed by atoms with Crippen LogP contribution >= 0.6 is 11.8 Å². The van der Waals surface area contributed by atoms with Crippen molar-refractivity contribution in [1.82, 2.24) is 20.1 Å². The lowest BCUT2D eigenvalue weighted by Crippen LogP contribution is -2.24. The highest BCUT2D eigenvalue weighted by atomic mass is 32.2. The number of aromatic nitrogens is 3. The van der Waals surface area contributed by atoms with E-state index >= 15 is 0 Å². The zero-order valence-corrected chi connectivity index (χ0v) is 20.8. The monoisotopic (exact) mass is 507 g/mol. The molecule has 11 heteroatoms. The lowest BCUT2D eigenvalue weighted by atomic mass is 10.2. The van der Waals surface area contributed by atoms with Crippen LogP contribution in [0.5, 0.6) is 11.5 Å². The van der Waals surface area contributed by atoms with Crippen molar-refractivity contribution in [3.05, 3.63) is 78.0 Å². The highest BCUT2D eigenvalue weighted by molar-refractivity contribution is 7.99. The summed E-state index contributed by atoms with van der Waals surface area (Å²) in [5, 5.41) is 14.7. The van der Waals surface area contributed by atoms with E-state index in [1.165, 1.54) is 18.0 Å². The number of anilines is 1. The topological polar surface area (TPSA) is 121 Å². The van der Waals surface area contributed by atoms with Crippen LogP contribution in [0.3, 0.4) is 0 Å². The normalized spacial score (nSPS) is 10.6. The van der Waals surface area contributed by atoms with E-state index in [9.17, 15) is 9.59 Å². The average molecular weight is 508 g/mol. The lowest BCUT2D eigenvalue weighted by molar-refractivity contribution is -0.113. The fraction of sp³-hybridized carbons (Fsp3) is 0.200. The van der Waals surface area contributed by atoms with Crippen LogP contribution in [0, 0.1) is 6.92 Å². The van der Waals surface area contributed by atoms with Crippen molar-refractivity contribution in [3.63, 3.8) is 0 Å². The van der Waals surface area contributed by atoms with Gasteiger partial charge in [0.1, 0.15) is 11.5 Å². The Bertz CT molecular complexity index is 1350. The summed E-state index contributed by atoms with van der Waals surface area (Å²) >= 11 is 1.21. The molecule has 0 radical (unpaired) electrons. The maximum absolute atomic E-state index is 12.6. The van der Waals surface area contributed by atoms with Gasteiger partial charge in [-0.05, 0) is 48.9 Å². The van der Waals surface area contributed by atoms with Crippen LogP contribution in [0.1, 0.15) is 21.9 Å². The molecule has 186 valence electrons. The first-order chi connectivity index (χ1) is 17.5. The highest BCUT2D eigenvalue weighted by Gasteiger charge is 2.21. The fourth-order valence-corrected chi connectivity index (χ4v) is 4.19. The highest BCUT2D eigenvalue weighted by Crippen LogP contribution is 2.32. The van der Waals surface area contributed by atoms with Crippen molar-refractivity contribution in [1.29, 1.82) is 0 Å². The molecule has 0 saturated heterocycles. The van der Waals surface area contributed by atoms with Gasteiger partial charge < -0.3 is 24.5 Å². The molecule has 0 bridgehead atoms. The van der Waals surface area contributed by atoms with Gasteiger partial charge in [-0.25, -0.2) is 0 Å². The quantitative estimate of drug-likeness (QED) is 0.311. The number of carbonyl (C=O) groups excluding carboxylic acids is 2. The van der Waals surface area contributed by atoms with Crippen LogP contribution in [0.2, 0.25) is 0 Å². The molecule has 2 aromatic carbocycles. The third-order valence-corrected chi connectivity index (χ3v) is 6.04.